The molecule has 0 aliphatic heterocycles. The molecule has 0 saturated carbocycles. The Hall–Kier alpha value is -2.00. The van der Waals surface area contributed by atoms with Crippen LogP contribution in [0.1, 0.15) is 15.9 Å². The monoisotopic (exact) mass is 262 g/mol. The maximum Gasteiger partial charge on any atom is 0.171 e. The number of hydrogen-bond donors (Lipinski definition) is 2. The normalized spacial score (nSPS) is 10.3. The molecule has 92 valence electrons. The van der Waals surface area contributed by atoms with E-state index in [1.165, 1.54) is 18.2 Å². The molecule has 0 aromatic heterocycles. The molecule has 2 aromatic rings. The Morgan fingerprint density at radius 3 is 2.39 bits per heavy atom. The minimum atomic E-state index is -0.378. The maximum absolute atomic E-state index is 12.0. The molecule has 0 radical (unpaired) electrons. The SMILES string of the molecule is O=C(Cc1ccc(Cl)cc1)c1cccc(O)c1O. The molecule has 4 heteroatoms. The molecule has 18 heavy (non-hydrogen) atoms. The van der Waals surface area contributed by atoms with Crippen molar-refractivity contribution in [3.05, 3.63) is 58.6 Å². The quantitative estimate of drug-likeness (QED) is 0.660. The van der Waals surface area contributed by atoms with E-state index in [1.54, 1.807) is 24.3 Å². The van der Waals surface area contributed by atoms with E-state index in [4.69, 9.17) is 11.6 Å². The Morgan fingerprint density at radius 1 is 1.06 bits per heavy atom. The average Bonchev–Trinajstić information content (AvgIpc) is 2.35. The van der Waals surface area contributed by atoms with Crippen LogP contribution in [-0.4, -0.2) is 16.0 Å². The van der Waals surface area contributed by atoms with E-state index in [9.17, 15) is 15.0 Å². The lowest BCUT2D eigenvalue weighted by atomic mass is 10.0. The highest BCUT2D eigenvalue weighted by Crippen LogP contribution is 2.29. The number of para-hydroxylation sites is 1. The average molecular weight is 263 g/mol. The van der Waals surface area contributed by atoms with Gasteiger partial charge in [-0.25, -0.2) is 0 Å². The molecule has 2 rings (SSSR count). The van der Waals surface area contributed by atoms with Crippen molar-refractivity contribution in [1.82, 2.24) is 0 Å². The van der Waals surface area contributed by atoms with Crippen LogP contribution in [0.2, 0.25) is 5.02 Å². The third-order valence-electron chi connectivity index (χ3n) is 2.59. The molecule has 0 aliphatic carbocycles. The second kappa shape index (κ2) is 5.10. The van der Waals surface area contributed by atoms with Gasteiger partial charge in [0.1, 0.15) is 0 Å². The van der Waals surface area contributed by atoms with Gasteiger partial charge < -0.3 is 10.2 Å². The van der Waals surface area contributed by atoms with E-state index in [2.05, 4.69) is 0 Å². The van der Waals surface area contributed by atoms with E-state index in [1.807, 2.05) is 0 Å². The summed E-state index contributed by atoms with van der Waals surface area (Å²) in [6.07, 6.45) is 0.147. The number of carbonyl (C=O) groups is 1. The van der Waals surface area contributed by atoms with Crippen molar-refractivity contribution in [2.75, 3.05) is 0 Å². The zero-order chi connectivity index (χ0) is 13.1. The molecular weight excluding hydrogens is 252 g/mol. The number of benzene rings is 2. The first-order valence-corrected chi connectivity index (χ1v) is 5.74. The van der Waals surface area contributed by atoms with Crippen LogP contribution in [0, 0.1) is 0 Å². The van der Waals surface area contributed by atoms with Gasteiger partial charge in [0.2, 0.25) is 0 Å². The zero-order valence-corrected chi connectivity index (χ0v) is 10.2. The third-order valence-corrected chi connectivity index (χ3v) is 2.85. The van der Waals surface area contributed by atoms with Gasteiger partial charge in [0, 0.05) is 11.4 Å². The number of phenols is 2. The Morgan fingerprint density at radius 2 is 1.72 bits per heavy atom. The minimum Gasteiger partial charge on any atom is -0.504 e. The molecule has 0 aliphatic rings. The summed E-state index contributed by atoms with van der Waals surface area (Å²) >= 11 is 5.75. The topological polar surface area (TPSA) is 57.5 Å². The van der Waals surface area contributed by atoms with Crippen LogP contribution in [-0.2, 0) is 6.42 Å². The highest BCUT2D eigenvalue weighted by molar-refractivity contribution is 6.30. The van der Waals surface area contributed by atoms with Crippen LogP contribution in [0.4, 0.5) is 0 Å². The number of aromatic hydroxyl groups is 2. The second-order valence-corrected chi connectivity index (χ2v) is 4.34. The minimum absolute atomic E-state index is 0.116. The van der Waals surface area contributed by atoms with Gasteiger partial charge in [0.15, 0.2) is 17.3 Å². The molecular formula is C14H11ClO3. The predicted octanol–water partition coefficient (Wildman–Crippen LogP) is 3.18. The summed E-state index contributed by atoms with van der Waals surface area (Å²) in [7, 11) is 0. The molecule has 0 unspecified atom stereocenters. The lowest BCUT2D eigenvalue weighted by Crippen LogP contribution is -2.03. The fourth-order valence-corrected chi connectivity index (χ4v) is 1.77. The molecule has 0 fully saturated rings. The molecule has 0 saturated heterocycles. The lowest BCUT2D eigenvalue weighted by Gasteiger charge is -2.05. The number of Topliss-reactive ketones (excluding diaryl/α,β-unsaturated/α-hetero) is 1. The van der Waals surface area contributed by atoms with E-state index in [-0.39, 0.29) is 29.3 Å². The molecule has 0 spiro atoms. The first kappa shape index (κ1) is 12.5. The van der Waals surface area contributed by atoms with Gasteiger partial charge in [0.05, 0.1) is 5.56 Å². The third kappa shape index (κ3) is 2.63. The summed E-state index contributed by atoms with van der Waals surface area (Å²) in [5.74, 6) is -0.931. The Labute approximate surface area is 109 Å². The van der Waals surface area contributed by atoms with Crippen LogP contribution in [0.15, 0.2) is 42.5 Å². The zero-order valence-electron chi connectivity index (χ0n) is 9.43. The Balaban J connectivity index is 2.22. The standard InChI is InChI=1S/C14H11ClO3/c15-10-6-4-9(5-7-10)8-13(17)11-2-1-3-12(16)14(11)18/h1-7,16,18H,8H2. The van der Waals surface area contributed by atoms with Crippen molar-refractivity contribution < 1.29 is 15.0 Å². The molecule has 3 nitrogen and oxygen atoms in total. The van der Waals surface area contributed by atoms with Gasteiger partial charge in [-0.15, -0.1) is 0 Å². The largest absolute Gasteiger partial charge is 0.504 e. The van der Waals surface area contributed by atoms with Crippen molar-refractivity contribution in [3.63, 3.8) is 0 Å². The van der Waals surface area contributed by atoms with Gasteiger partial charge in [-0.2, -0.15) is 0 Å². The van der Waals surface area contributed by atoms with Crippen LogP contribution in [0.5, 0.6) is 11.5 Å². The van der Waals surface area contributed by atoms with Crippen LogP contribution >= 0.6 is 11.6 Å². The molecule has 0 bridgehead atoms. The molecule has 0 atom stereocenters. The second-order valence-electron chi connectivity index (χ2n) is 3.90. The van der Waals surface area contributed by atoms with E-state index in [0.717, 1.165) is 5.56 Å². The van der Waals surface area contributed by atoms with E-state index < -0.39 is 0 Å². The van der Waals surface area contributed by atoms with Gasteiger partial charge in [-0.3, -0.25) is 4.79 Å². The summed E-state index contributed by atoms with van der Waals surface area (Å²) in [4.78, 5) is 12.0. The Kier molecular flexibility index (Phi) is 3.53. The molecule has 2 aromatic carbocycles. The smallest absolute Gasteiger partial charge is 0.171 e. The predicted molar refractivity (Wildman–Crippen MR) is 69.3 cm³/mol. The highest BCUT2D eigenvalue weighted by atomic mass is 35.5. The maximum atomic E-state index is 12.0. The highest BCUT2D eigenvalue weighted by Gasteiger charge is 2.14. The van der Waals surface area contributed by atoms with Gasteiger partial charge in [-0.1, -0.05) is 29.8 Å². The van der Waals surface area contributed by atoms with Crippen molar-refractivity contribution in [2.45, 2.75) is 6.42 Å². The number of phenolic OH excluding ortho intramolecular Hbond substituents is 2. The van der Waals surface area contributed by atoms with Crippen LogP contribution in [0.3, 0.4) is 0 Å². The summed E-state index contributed by atoms with van der Waals surface area (Å²) < 4.78 is 0. The van der Waals surface area contributed by atoms with E-state index in [0.29, 0.717) is 5.02 Å². The van der Waals surface area contributed by atoms with Crippen LogP contribution < -0.4 is 0 Å². The van der Waals surface area contributed by atoms with Crippen molar-refractivity contribution in [2.24, 2.45) is 0 Å². The molecule has 2 N–H and O–H groups in total. The number of halogens is 1. The summed E-state index contributed by atoms with van der Waals surface area (Å²) in [6.45, 7) is 0. The van der Waals surface area contributed by atoms with Crippen molar-refractivity contribution in [1.29, 1.82) is 0 Å². The van der Waals surface area contributed by atoms with Crippen molar-refractivity contribution >= 4 is 17.4 Å². The Bertz CT molecular complexity index is 576. The van der Waals surface area contributed by atoms with Crippen LogP contribution in [0.25, 0.3) is 0 Å². The summed E-state index contributed by atoms with van der Waals surface area (Å²) in [6, 6.07) is 11.2. The molecule has 0 heterocycles. The molecule has 0 amide bonds. The fourth-order valence-electron chi connectivity index (χ4n) is 1.64. The summed E-state index contributed by atoms with van der Waals surface area (Å²) in [5.41, 5.74) is 0.914. The lowest BCUT2D eigenvalue weighted by molar-refractivity contribution is 0.0989. The summed E-state index contributed by atoms with van der Waals surface area (Å²) in [5, 5.41) is 19.5. The van der Waals surface area contributed by atoms with Gasteiger partial charge in [-0.05, 0) is 29.8 Å². The first-order chi connectivity index (χ1) is 8.58. The number of rotatable bonds is 3. The van der Waals surface area contributed by atoms with Gasteiger partial charge >= 0.3 is 0 Å². The number of carbonyl (C=O) groups excluding carboxylic acids is 1. The number of hydrogen-bond acceptors (Lipinski definition) is 3. The fraction of sp³-hybridized carbons (Fsp3) is 0.0714. The number of ketones is 1. The van der Waals surface area contributed by atoms with E-state index >= 15 is 0 Å². The van der Waals surface area contributed by atoms with Crippen molar-refractivity contribution in [3.8, 4) is 11.5 Å². The first-order valence-electron chi connectivity index (χ1n) is 5.36. The van der Waals surface area contributed by atoms with Gasteiger partial charge in [0.25, 0.3) is 0 Å².